The first-order valence-electron chi connectivity index (χ1n) is 14.5. The molecule has 1 aliphatic heterocycles. The van der Waals surface area contributed by atoms with Crippen LogP contribution in [0.25, 0.3) is 0 Å². The summed E-state index contributed by atoms with van der Waals surface area (Å²) in [6.07, 6.45) is 1.55. The van der Waals surface area contributed by atoms with E-state index in [4.69, 9.17) is 16.3 Å². The number of nitrogens with zero attached hydrogens (tertiary/aromatic N) is 1. The van der Waals surface area contributed by atoms with E-state index in [1.54, 1.807) is 36.4 Å². The lowest BCUT2D eigenvalue weighted by Crippen LogP contribution is -2.42. The fourth-order valence-corrected chi connectivity index (χ4v) is 7.46. The Bertz CT molecular complexity index is 1790. The Balaban J connectivity index is 1.47. The summed E-state index contributed by atoms with van der Waals surface area (Å²) in [6.45, 7) is 3.96. The molecule has 0 radical (unpaired) electrons. The second-order valence-corrected chi connectivity index (χ2v) is 14.9. The van der Waals surface area contributed by atoms with Crippen molar-refractivity contribution in [2.24, 2.45) is 5.41 Å². The van der Waals surface area contributed by atoms with Gasteiger partial charge in [0.25, 0.3) is 0 Å². The number of carbonyl (C=O) groups excluding carboxylic acids is 3. The summed E-state index contributed by atoms with van der Waals surface area (Å²) in [5.74, 6) is -0.661. The number of nitrogens with one attached hydrogen (secondary N) is 2. The molecule has 234 valence electrons. The maximum atomic E-state index is 14.2. The van der Waals surface area contributed by atoms with Crippen LogP contribution in [0.2, 0.25) is 5.02 Å². The average Bonchev–Trinajstić information content (AvgIpc) is 3.81. The number of benzene rings is 3. The first kappa shape index (κ1) is 31.3. The molecular weight excluding hydrogens is 682 g/mol. The second-order valence-electron chi connectivity index (χ2n) is 12.2. The lowest BCUT2D eigenvalue weighted by molar-refractivity contribution is -0.127. The van der Waals surface area contributed by atoms with E-state index in [-0.39, 0.29) is 39.6 Å². The number of phenols is 1. The summed E-state index contributed by atoms with van der Waals surface area (Å²) in [4.78, 5) is 42.5. The fraction of sp³-hybridized carbons (Fsp3) is 0.303. The van der Waals surface area contributed by atoms with Gasteiger partial charge in [0.05, 0.1) is 21.5 Å². The zero-order valence-corrected chi connectivity index (χ0v) is 27.7. The third-order valence-corrected chi connectivity index (χ3v) is 10.4. The molecule has 12 heteroatoms. The second kappa shape index (κ2) is 12.3. The molecule has 0 bridgehead atoms. The van der Waals surface area contributed by atoms with Crippen LogP contribution < -0.4 is 19.7 Å². The topological polar surface area (TPSA) is 125 Å². The van der Waals surface area contributed by atoms with Crippen molar-refractivity contribution in [1.29, 1.82) is 0 Å². The molecule has 2 unspecified atom stereocenters. The number of phenolic OH excluding ortho intramolecular Hbond substituents is 1. The van der Waals surface area contributed by atoms with Crippen molar-refractivity contribution in [3.05, 3.63) is 87.0 Å². The third-order valence-electron chi connectivity index (χ3n) is 7.96. The first-order chi connectivity index (χ1) is 21.4. The van der Waals surface area contributed by atoms with Crippen LogP contribution >= 0.6 is 27.5 Å². The van der Waals surface area contributed by atoms with E-state index in [0.29, 0.717) is 34.8 Å². The Kier molecular flexibility index (Phi) is 8.53. The number of Topliss-reactive ketones (excluding diaryl/α,β-unsaturated/α-hetero) is 1. The number of ketones is 1. The smallest absolute Gasteiger partial charge is 0.241 e. The van der Waals surface area contributed by atoms with E-state index in [1.165, 1.54) is 11.0 Å². The van der Waals surface area contributed by atoms with Crippen molar-refractivity contribution in [3.63, 3.8) is 0 Å². The minimum atomic E-state index is -1.58. The molecule has 3 N–H and O–H groups in total. The average molecular weight is 713 g/mol. The first-order valence-corrected chi connectivity index (χ1v) is 16.9. The molecule has 1 heterocycles. The lowest BCUT2D eigenvalue weighted by atomic mass is 9.73. The third kappa shape index (κ3) is 6.52. The monoisotopic (exact) mass is 711 g/mol. The van der Waals surface area contributed by atoms with Crippen LogP contribution in [-0.2, 0) is 25.4 Å². The molecule has 3 aliphatic rings. The van der Waals surface area contributed by atoms with Gasteiger partial charge < -0.3 is 15.2 Å². The van der Waals surface area contributed by atoms with E-state index in [2.05, 4.69) is 26.0 Å². The van der Waals surface area contributed by atoms with Crippen molar-refractivity contribution in [1.82, 2.24) is 4.72 Å². The number of allylic oxidation sites excluding steroid dienone is 1. The molecule has 0 spiro atoms. The molecule has 0 aromatic heterocycles. The minimum absolute atomic E-state index is 0.108. The van der Waals surface area contributed by atoms with E-state index in [9.17, 15) is 23.7 Å². The molecule has 1 fully saturated rings. The molecular formula is C33H31BrClN3O6S. The Hall–Kier alpha value is -3.67. The zero-order chi connectivity index (χ0) is 32.0. The molecule has 6 rings (SSSR count). The summed E-state index contributed by atoms with van der Waals surface area (Å²) >= 11 is 10.4. The van der Waals surface area contributed by atoms with Gasteiger partial charge in [-0.1, -0.05) is 49.7 Å². The van der Waals surface area contributed by atoms with E-state index in [0.717, 1.165) is 17.3 Å². The number of halogens is 2. The molecule has 2 amide bonds. The highest BCUT2D eigenvalue weighted by Gasteiger charge is 2.45. The number of para-hydroxylation sites is 2. The van der Waals surface area contributed by atoms with E-state index in [1.807, 2.05) is 32.0 Å². The van der Waals surface area contributed by atoms with Gasteiger partial charge in [-0.05, 0) is 82.6 Å². The predicted octanol–water partition coefficient (Wildman–Crippen LogP) is 7.08. The summed E-state index contributed by atoms with van der Waals surface area (Å²) in [6, 6.07) is 16.0. The molecule has 2 aliphatic carbocycles. The summed E-state index contributed by atoms with van der Waals surface area (Å²) in [5, 5.41) is 14.4. The van der Waals surface area contributed by atoms with Crippen molar-refractivity contribution in [2.75, 3.05) is 10.2 Å². The quantitative estimate of drug-likeness (QED) is 0.177. The van der Waals surface area contributed by atoms with Crippen LogP contribution in [0.4, 0.5) is 11.4 Å². The number of hydrogen-bond acceptors (Lipinski definition) is 7. The molecule has 9 nitrogen and oxygen atoms in total. The number of amides is 2. The highest BCUT2D eigenvalue weighted by molar-refractivity contribution is 9.10. The number of hydrogen-bond donors (Lipinski definition) is 3. The van der Waals surface area contributed by atoms with Crippen LogP contribution in [-0.4, -0.2) is 32.2 Å². The number of fused-ring (bicyclic) bond motifs is 1. The van der Waals surface area contributed by atoms with Gasteiger partial charge in [-0.3, -0.25) is 24.0 Å². The molecule has 45 heavy (non-hydrogen) atoms. The lowest BCUT2D eigenvalue weighted by Gasteiger charge is -2.37. The van der Waals surface area contributed by atoms with Crippen LogP contribution in [0.15, 0.2) is 76.4 Å². The number of aromatic hydroxyl groups is 1. The van der Waals surface area contributed by atoms with Gasteiger partial charge in [-0.25, -0.2) is 4.21 Å². The van der Waals surface area contributed by atoms with Gasteiger partial charge in [0.2, 0.25) is 11.8 Å². The SMILES string of the molecule is CC1(C)CC(=O)C2=C(C1)Nc1c(O)cccc1N(C(=O)CC(=O)NS(=O)C1CC1)C2c1ccc(Oc2ccccc2Br)cc1Cl. The molecule has 3 aromatic rings. The van der Waals surface area contributed by atoms with Gasteiger partial charge in [-0.2, -0.15) is 0 Å². The predicted molar refractivity (Wildman–Crippen MR) is 177 cm³/mol. The van der Waals surface area contributed by atoms with E-state index >= 15 is 0 Å². The zero-order valence-electron chi connectivity index (χ0n) is 24.6. The van der Waals surface area contributed by atoms with Crippen molar-refractivity contribution in [2.45, 2.75) is 57.2 Å². The van der Waals surface area contributed by atoms with Gasteiger partial charge >= 0.3 is 0 Å². The number of rotatable bonds is 7. The highest BCUT2D eigenvalue weighted by atomic mass is 79.9. The van der Waals surface area contributed by atoms with Crippen molar-refractivity contribution >= 4 is 67.5 Å². The minimum Gasteiger partial charge on any atom is -0.506 e. The van der Waals surface area contributed by atoms with Crippen LogP contribution in [0, 0.1) is 5.41 Å². The van der Waals surface area contributed by atoms with Crippen LogP contribution in [0.3, 0.4) is 0 Å². The summed E-state index contributed by atoms with van der Waals surface area (Å²) in [5.41, 5.74) is 1.42. The maximum absolute atomic E-state index is 14.2. The molecule has 1 saturated carbocycles. The van der Waals surface area contributed by atoms with Gasteiger partial charge in [0.1, 0.15) is 40.3 Å². The summed E-state index contributed by atoms with van der Waals surface area (Å²) in [7, 11) is -1.58. The standard InChI is InChI=1S/C33H31BrClN3O6S/c1-33(2)16-23-30(26(40)17-33)32(20-13-10-18(14-22(20)35)44-27-9-4-3-6-21(27)34)38(24-7-5-8-25(39)31(24)36-23)29(42)15-28(41)37-45(43)19-11-12-19/h3-10,13-14,19,32,36,39H,11-12,15-17H2,1-2H3,(H,37,41). The number of ether oxygens (including phenoxy) is 1. The molecule has 0 saturated heterocycles. The summed E-state index contributed by atoms with van der Waals surface area (Å²) < 4.78 is 21.6. The van der Waals surface area contributed by atoms with Crippen LogP contribution in [0.1, 0.15) is 57.6 Å². The van der Waals surface area contributed by atoms with E-state index < -0.39 is 40.7 Å². The van der Waals surface area contributed by atoms with Crippen molar-refractivity contribution < 1.29 is 28.4 Å². The fourth-order valence-electron chi connectivity index (χ4n) is 5.80. The molecule has 3 aromatic carbocycles. The van der Waals surface area contributed by atoms with Gasteiger partial charge in [0, 0.05) is 22.7 Å². The number of anilines is 2. The van der Waals surface area contributed by atoms with Crippen LogP contribution in [0.5, 0.6) is 17.2 Å². The Morgan fingerprint density at radius 3 is 2.60 bits per heavy atom. The number of carbonyl (C=O) groups is 3. The van der Waals surface area contributed by atoms with Gasteiger partial charge in [0.15, 0.2) is 5.78 Å². The maximum Gasteiger partial charge on any atom is 0.241 e. The van der Waals surface area contributed by atoms with Crippen molar-refractivity contribution in [3.8, 4) is 17.2 Å². The Morgan fingerprint density at radius 2 is 1.89 bits per heavy atom. The molecule has 2 atom stereocenters. The largest absolute Gasteiger partial charge is 0.506 e. The Labute approximate surface area is 276 Å². The Morgan fingerprint density at radius 1 is 1.13 bits per heavy atom. The van der Waals surface area contributed by atoms with Gasteiger partial charge in [-0.15, -0.1) is 0 Å². The normalized spacial score (nSPS) is 19.5. The highest BCUT2D eigenvalue weighted by Crippen LogP contribution is 2.51.